The SMILES string of the molecule is CC1(F)CC(NC2CC=C(C(C)(C)C)CC2)C1. The van der Waals surface area contributed by atoms with Crippen LogP contribution in [0.15, 0.2) is 11.6 Å². The van der Waals surface area contributed by atoms with Crippen LogP contribution in [-0.2, 0) is 0 Å². The van der Waals surface area contributed by atoms with E-state index in [4.69, 9.17) is 0 Å². The van der Waals surface area contributed by atoms with Crippen molar-refractivity contribution in [3.63, 3.8) is 0 Å². The van der Waals surface area contributed by atoms with E-state index in [1.165, 1.54) is 12.8 Å². The van der Waals surface area contributed by atoms with Crippen molar-refractivity contribution in [1.29, 1.82) is 0 Å². The lowest BCUT2D eigenvalue weighted by atomic mass is 9.76. The fraction of sp³-hybridized carbons (Fsp3) is 0.867. The summed E-state index contributed by atoms with van der Waals surface area (Å²) in [5.41, 5.74) is 0.997. The highest BCUT2D eigenvalue weighted by atomic mass is 19.1. The van der Waals surface area contributed by atoms with Gasteiger partial charge in [0.05, 0.1) is 0 Å². The molecule has 1 nitrogen and oxygen atoms in total. The summed E-state index contributed by atoms with van der Waals surface area (Å²) >= 11 is 0. The van der Waals surface area contributed by atoms with Gasteiger partial charge in [0.25, 0.3) is 0 Å². The first-order chi connectivity index (χ1) is 7.76. The Balaban J connectivity index is 1.78. The largest absolute Gasteiger partial charge is 0.311 e. The Morgan fingerprint density at radius 3 is 2.35 bits per heavy atom. The lowest BCUT2D eigenvalue weighted by Gasteiger charge is -2.42. The number of hydrogen-bond acceptors (Lipinski definition) is 1. The van der Waals surface area contributed by atoms with E-state index >= 15 is 0 Å². The molecule has 1 fully saturated rings. The van der Waals surface area contributed by atoms with E-state index in [2.05, 4.69) is 32.2 Å². The third kappa shape index (κ3) is 3.31. The Hall–Kier alpha value is -0.370. The first-order valence-corrected chi connectivity index (χ1v) is 6.91. The van der Waals surface area contributed by atoms with Crippen LogP contribution in [0.2, 0.25) is 0 Å². The van der Waals surface area contributed by atoms with E-state index in [0.717, 1.165) is 6.42 Å². The fourth-order valence-electron chi connectivity index (χ4n) is 3.09. The van der Waals surface area contributed by atoms with Gasteiger partial charge in [0.2, 0.25) is 0 Å². The Morgan fingerprint density at radius 2 is 1.94 bits per heavy atom. The van der Waals surface area contributed by atoms with Gasteiger partial charge >= 0.3 is 0 Å². The number of rotatable bonds is 2. The lowest BCUT2D eigenvalue weighted by molar-refractivity contribution is 0.0421. The molecule has 1 unspecified atom stereocenters. The van der Waals surface area contributed by atoms with Crippen LogP contribution in [-0.4, -0.2) is 17.8 Å². The lowest BCUT2D eigenvalue weighted by Crippen LogP contribution is -2.52. The Morgan fingerprint density at radius 1 is 1.29 bits per heavy atom. The average Bonchev–Trinajstić information content (AvgIpc) is 2.14. The second-order valence-electron chi connectivity index (χ2n) is 7.14. The molecule has 1 saturated carbocycles. The normalized spacial score (nSPS) is 38.5. The predicted molar refractivity (Wildman–Crippen MR) is 70.8 cm³/mol. The van der Waals surface area contributed by atoms with Crippen molar-refractivity contribution in [2.45, 2.75) is 77.6 Å². The second kappa shape index (κ2) is 4.38. The second-order valence-corrected chi connectivity index (χ2v) is 7.14. The molecule has 0 spiro atoms. The molecule has 0 heterocycles. The minimum atomic E-state index is -0.904. The molecule has 2 heteroatoms. The standard InChI is InChI=1S/C15H26FN/c1-14(2,3)11-5-7-12(8-6-11)17-13-9-15(4,16)10-13/h5,12-13,17H,6-10H2,1-4H3. The molecule has 0 radical (unpaired) electrons. The predicted octanol–water partition coefficient (Wildman–Crippen LogP) is 3.99. The molecule has 0 aromatic heterocycles. The number of nitrogens with one attached hydrogen (secondary N) is 1. The third-order valence-corrected chi connectivity index (χ3v) is 4.19. The van der Waals surface area contributed by atoms with Gasteiger partial charge in [-0.05, 0) is 44.4 Å². The highest BCUT2D eigenvalue weighted by molar-refractivity contribution is 5.15. The maximum atomic E-state index is 13.4. The van der Waals surface area contributed by atoms with Crippen LogP contribution < -0.4 is 5.32 Å². The van der Waals surface area contributed by atoms with Crippen LogP contribution in [0.5, 0.6) is 0 Å². The van der Waals surface area contributed by atoms with Gasteiger partial charge in [-0.1, -0.05) is 32.4 Å². The molecule has 2 aliphatic carbocycles. The molecule has 0 aromatic carbocycles. The Kier molecular flexibility index (Phi) is 3.37. The van der Waals surface area contributed by atoms with E-state index in [-0.39, 0.29) is 0 Å². The van der Waals surface area contributed by atoms with Crippen LogP contribution in [0.1, 0.15) is 59.8 Å². The molecular weight excluding hydrogens is 213 g/mol. The van der Waals surface area contributed by atoms with E-state index in [0.29, 0.717) is 30.3 Å². The van der Waals surface area contributed by atoms with Crippen molar-refractivity contribution in [2.24, 2.45) is 5.41 Å². The van der Waals surface area contributed by atoms with E-state index in [1.54, 1.807) is 12.5 Å². The van der Waals surface area contributed by atoms with Gasteiger partial charge in [0.15, 0.2) is 0 Å². The summed E-state index contributed by atoms with van der Waals surface area (Å²) in [7, 11) is 0. The molecule has 1 N–H and O–H groups in total. The maximum Gasteiger partial charge on any atom is 0.111 e. The van der Waals surface area contributed by atoms with Gasteiger partial charge in [-0.25, -0.2) is 4.39 Å². The smallest absolute Gasteiger partial charge is 0.111 e. The van der Waals surface area contributed by atoms with Gasteiger partial charge in [-0.3, -0.25) is 0 Å². The van der Waals surface area contributed by atoms with Crippen molar-refractivity contribution in [1.82, 2.24) is 5.32 Å². The molecule has 2 rings (SSSR count). The highest BCUT2D eigenvalue weighted by Crippen LogP contribution is 2.37. The van der Waals surface area contributed by atoms with Crippen molar-refractivity contribution in [3.05, 3.63) is 11.6 Å². The molecule has 0 aromatic rings. The van der Waals surface area contributed by atoms with E-state index in [9.17, 15) is 4.39 Å². The van der Waals surface area contributed by atoms with Gasteiger partial charge < -0.3 is 5.32 Å². The zero-order valence-corrected chi connectivity index (χ0v) is 11.6. The third-order valence-electron chi connectivity index (χ3n) is 4.19. The summed E-state index contributed by atoms with van der Waals surface area (Å²) < 4.78 is 13.4. The van der Waals surface area contributed by atoms with Crippen molar-refractivity contribution in [3.8, 4) is 0 Å². The molecule has 0 amide bonds. The molecule has 1 atom stereocenters. The Labute approximate surface area is 105 Å². The molecule has 0 bridgehead atoms. The van der Waals surface area contributed by atoms with Crippen molar-refractivity contribution < 1.29 is 4.39 Å². The Bertz CT molecular complexity index is 303. The van der Waals surface area contributed by atoms with Crippen molar-refractivity contribution in [2.75, 3.05) is 0 Å². The summed E-state index contributed by atoms with van der Waals surface area (Å²) in [6.07, 6.45) is 7.31. The van der Waals surface area contributed by atoms with Gasteiger partial charge in [-0.2, -0.15) is 0 Å². The number of halogens is 1. The number of allylic oxidation sites excluding steroid dienone is 1. The summed E-state index contributed by atoms with van der Waals surface area (Å²) in [5, 5.41) is 3.60. The topological polar surface area (TPSA) is 12.0 Å². The molecule has 2 aliphatic rings. The minimum Gasteiger partial charge on any atom is -0.311 e. The molecule has 98 valence electrons. The first-order valence-electron chi connectivity index (χ1n) is 6.91. The van der Waals surface area contributed by atoms with Crippen LogP contribution in [0, 0.1) is 5.41 Å². The molecule has 0 saturated heterocycles. The summed E-state index contributed by atoms with van der Waals surface area (Å²) in [4.78, 5) is 0. The summed E-state index contributed by atoms with van der Waals surface area (Å²) in [6, 6.07) is 0.988. The molecule has 17 heavy (non-hydrogen) atoms. The summed E-state index contributed by atoms with van der Waals surface area (Å²) in [6.45, 7) is 8.57. The zero-order chi connectivity index (χ0) is 12.7. The minimum absolute atomic E-state index is 0.318. The van der Waals surface area contributed by atoms with Crippen LogP contribution in [0.3, 0.4) is 0 Å². The number of hydrogen-bond donors (Lipinski definition) is 1. The monoisotopic (exact) mass is 239 g/mol. The van der Waals surface area contributed by atoms with E-state index in [1.807, 2.05) is 0 Å². The van der Waals surface area contributed by atoms with E-state index < -0.39 is 5.67 Å². The maximum absolute atomic E-state index is 13.4. The quantitative estimate of drug-likeness (QED) is 0.718. The average molecular weight is 239 g/mol. The fourth-order valence-corrected chi connectivity index (χ4v) is 3.09. The molecular formula is C15H26FN. The highest BCUT2D eigenvalue weighted by Gasteiger charge is 2.41. The van der Waals surface area contributed by atoms with Gasteiger partial charge in [-0.15, -0.1) is 0 Å². The van der Waals surface area contributed by atoms with Crippen LogP contribution >= 0.6 is 0 Å². The molecule has 0 aliphatic heterocycles. The van der Waals surface area contributed by atoms with Gasteiger partial charge in [0.1, 0.15) is 5.67 Å². The summed E-state index contributed by atoms with van der Waals surface area (Å²) in [5.74, 6) is 0. The number of alkyl halides is 1. The van der Waals surface area contributed by atoms with Crippen molar-refractivity contribution >= 4 is 0 Å². The zero-order valence-electron chi connectivity index (χ0n) is 11.6. The van der Waals surface area contributed by atoms with Crippen LogP contribution in [0.4, 0.5) is 4.39 Å². The first kappa shape index (κ1) is 13.1. The van der Waals surface area contributed by atoms with Gasteiger partial charge in [0, 0.05) is 12.1 Å². The van der Waals surface area contributed by atoms with Crippen LogP contribution in [0.25, 0.3) is 0 Å².